The molecule has 0 spiro atoms. The molecule has 9 heteroatoms. The zero-order chi connectivity index (χ0) is 20.4. The lowest BCUT2D eigenvalue weighted by molar-refractivity contribution is -0.126. The molecule has 0 bridgehead atoms. The molecule has 1 aliphatic heterocycles. The van der Waals surface area contributed by atoms with Gasteiger partial charge < -0.3 is 4.90 Å². The number of aromatic nitrogens is 2. The summed E-state index contributed by atoms with van der Waals surface area (Å²) in [5.41, 5.74) is 4.94. The summed E-state index contributed by atoms with van der Waals surface area (Å²) in [7, 11) is 0. The normalized spacial score (nSPS) is 16.1. The van der Waals surface area contributed by atoms with Crippen LogP contribution >= 0.6 is 0 Å². The summed E-state index contributed by atoms with van der Waals surface area (Å²) >= 11 is 0. The van der Waals surface area contributed by atoms with Crippen LogP contribution in [-0.2, 0) is 9.59 Å². The number of carbonyl (C=O) groups excluding carboxylic acids is 3. The summed E-state index contributed by atoms with van der Waals surface area (Å²) in [5.74, 6) is -1.90. The summed E-state index contributed by atoms with van der Waals surface area (Å²) in [6.07, 6.45) is 0.0520. The first-order valence-corrected chi connectivity index (χ1v) is 8.97. The van der Waals surface area contributed by atoms with Gasteiger partial charge in [0.15, 0.2) is 5.69 Å². The fourth-order valence-electron chi connectivity index (χ4n) is 3.31. The van der Waals surface area contributed by atoms with Gasteiger partial charge >= 0.3 is 0 Å². The highest BCUT2D eigenvalue weighted by Gasteiger charge is 2.35. The second-order valence-corrected chi connectivity index (χ2v) is 6.63. The number of hydrogen-bond donors (Lipinski definition) is 3. The molecule has 9 nitrogen and oxygen atoms in total. The van der Waals surface area contributed by atoms with Gasteiger partial charge in [0.1, 0.15) is 0 Å². The fraction of sp³-hybridized carbons (Fsp3) is 0.150. The van der Waals surface area contributed by atoms with Gasteiger partial charge in [0.25, 0.3) is 11.5 Å². The molecule has 4 rings (SSSR count). The summed E-state index contributed by atoms with van der Waals surface area (Å²) in [6.45, 7) is 0.227. The van der Waals surface area contributed by atoms with E-state index in [0.29, 0.717) is 10.8 Å². The second kappa shape index (κ2) is 7.55. The quantitative estimate of drug-likeness (QED) is 0.568. The minimum atomic E-state index is -0.671. The van der Waals surface area contributed by atoms with E-state index < -0.39 is 23.3 Å². The van der Waals surface area contributed by atoms with E-state index in [1.54, 1.807) is 41.3 Å². The zero-order valence-electron chi connectivity index (χ0n) is 15.2. The molecule has 2 heterocycles. The van der Waals surface area contributed by atoms with Crippen LogP contribution in [0.1, 0.15) is 16.9 Å². The van der Waals surface area contributed by atoms with Gasteiger partial charge in [-0.2, -0.15) is 5.10 Å². The first-order valence-electron chi connectivity index (χ1n) is 8.97. The van der Waals surface area contributed by atoms with Crippen LogP contribution in [0.4, 0.5) is 5.69 Å². The Labute approximate surface area is 164 Å². The molecule has 0 radical (unpaired) electrons. The molecule has 1 saturated heterocycles. The van der Waals surface area contributed by atoms with E-state index in [0.717, 1.165) is 5.69 Å². The number of anilines is 1. The van der Waals surface area contributed by atoms with Gasteiger partial charge in [-0.25, -0.2) is 5.10 Å². The fourth-order valence-corrected chi connectivity index (χ4v) is 3.31. The van der Waals surface area contributed by atoms with Gasteiger partial charge in [-0.15, -0.1) is 0 Å². The van der Waals surface area contributed by atoms with Crippen LogP contribution in [0.3, 0.4) is 0 Å². The van der Waals surface area contributed by atoms with E-state index in [1.807, 2.05) is 18.2 Å². The summed E-state index contributed by atoms with van der Waals surface area (Å²) < 4.78 is 0. The minimum Gasteiger partial charge on any atom is -0.312 e. The molecular formula is C20H17N5O4. The zero-order valence-corrected chi connectivity index (χ0v) is 15.2. The molecule has 1 aromatic heterocycles. The molecule has 3 amide bonds. The van der Waals surface area contributed by atoms with Crippen LogP contribution in [0.5, 0.6) is 0 Å². The topological polar surface area (TPSA) is 124 Å². The van der Waals surface area contributed by atoms with Gasteiger partial charge in [-0.3, -0.25) is 30.0 Å². The molecule has 1 aliphatic rings. The lowest BCUT2D eigenvalue weighted by atomic mass is 10.1. The number of benzene rings is 2. The van der Waals surface area contributed by atoms with Gasteiger partial charge in [0, 0.05) is 24.0 Å². The molecule has 1 fully saturated rings. The van der Waals surface area contributed by atoms with Crippen LogP contribution in [0, 0.1) is 5.92 Å². The predicted octanol–water partition coefficient (Wildman–Crippen LogP) is 0.737. The number of amides is 3. The first kappa shape index (κ1) is 18.4. The van der Waals surface area contributed by atoms with Crippen molar-refractivity contribution in [3.63, 3.8) is 0 Å². The number of hydrazine groups is 1. The van der Waals surface area contributed by atoms with E-state index in [4.69, 9.17) is 0 Å². The highest BCUT2D eigenvalue weighted by molar-refractivity contribution is 6.05. The highest BCUT2D eigenvalue weighted by Crippen LogP contribution is 2.24. The lowest BCUT2D eigenvalue weighted by Crippen LogP contribution is -2.45. The minimum absolute atomic E-state index is 0.0195. The summed E-state index contributed by atoms with van der Waals surface area (Å²) in [6, 6.07) is 15.6. The Bertz CT molecular complexity index is 1160. The maximum Gasteiger partial charge on any atom is 0.290 e. The molecule has 146 valence electrons. The molecule has 1 atom stereocenters. The smallest absolute Gasteiger partial charge is 0.290 e. The average molecular weight is 391 g/mol. The predicted molar refractivity (Wildman–Crippen MR) is 105 cm³/mol. The van der Waals surface area contributed by atoms with Gasteiger partial charge in [0.2, 0.25) is 11.8 Å². The number of para-hydroxylation sites is 1. The third kappa shape index (κ3) is 3.57. The van der Waals surface area contributed by atoms with Gasteiger partial charge in [-0.05, 0) is 18.2 Å². The first-order chi connectivity index (χ1) is 14.0. The number of rotatable bonds is 3. The van der Waals surface area contributed by atoms with E-state index in [2.05, 4.69) is 21.0 Å². The number of aromatic amines is 1. The van der Waals surface area contributed by atoms with Crippen molar-refractivity contribution in [1.82, 2.24) is 21.0 Å². The van der Waals surface area contributed by atoms with E-state index >= 15 is 0 Å². The Morgan fingerprint density at radius 1 is 0.966 bits per heavy atom. The molecule has 3 N–H and O–H groups in total. The SMILES string of the molecule is O=C(NNC(=O)C1CC(=O)N(c2ccccc2)C1)c1n[nH]c(=O)c2ccccc12. The van der Waals surface area contributed by atoms with Crippen molar-refractivity contribution in [3.8, 4) is 0 Å². The maximum atomic E-state index is 12.5. The second-order valence-electron chi connectivity index (χ2n) is 6.63. The van der Waals surface area contributed by atoms with E-state index in [1.165, 1.54) is 0 Å². The average Bonchev–Trinajstić information content (AvgIpc) is 3.14. The van der Waals surface area contributed by atoms with Crippen molar-refractivity contribution < 1.29 is 14.4 Å². The van der Waals surface area contributed by atoms with Crippen LogP contribution in [-0.4, -0.2) is 34.5 Å². The van der Waals surface area contributed by atoms with Gasteiger partial charge in [0.05, 0.1) is 11.3 Å². The van der Waals surface area contributed by atoms with Crippen molar-refractivity contribution in [1.29, 1.82) is 0 Å². The molecule has 2 aromatic carbocycles. The van der Waals surface area contributed by atoms with Crippen molar-refractivity contribution in [3.05, 3.63) is 70.6 Å². The molecule has 0 aliphatic carbocycles. The molecule has 0 saturated carbocycles. The number of carbonyl (C=O) groups is 3. The largest absolute Gasteiger partial charge is 0.312 e. The Morgan fingerprint density at radius 2 is 1.66 bits per heavy atom. The monoisotopic (exact) mass is 391 g/mol. The number of nitrogens with zero attached hydrogens (tertiary/aromatic N) is 2. The summed E-state index contributed by atoms with van der Waals surface area (Å²) in [5, 5.41) is 6.74. The Kier molecular flexibility index (Phi) is 4.78. The third-order valence-electron chi connectivity index (χ3n) is 4.77. The number of nitrogens with one attached hydrogen (secondary N) is 3. The van der Waals surface area contributed by atoms with Gasteiger partial charge in [-0.1, -0.05) is 36.4 Å². The van der Waals surface area contributed by atoms with Crippen LogP contribution in [0.2, 0.25) is 0 Å². The standard InChI is InChI=1S/C20H17N5O4/c26-16-10-12(11-25(16)13-6-2-1-3-7-13)18(27)22-24-20(29)17-14-8-4-5-9-15(14)19(28)23-21-17/h1-9,12H,10-11H2,(H,22,27)(H,23,28)(H,24,29). The van der Waals surface area contributed by atoms with Crippen molar-refractivity contribution >= 4 is 34.2 Å². The van der Waals surface area contributed by atoms with Crippen molar-refractivity contribution in [2.24, 2.45) is 5.92 Å². The summed E-state index contributed by atoms with van der Waals surface area (Å²) in [4.78, 5) is 50.5. The number of fused-ring (bicyclic) bond motifs is 1. The number of hydrogen-bond acceptors (Lipinski definition) is 5. The third-order valence-corrected chi connectivity index (χ3v) is 4.77. The Balaban J connectivity index is 1.43. The maximum absolute atomic E-state index is 12.5. The highest BCUT2D eigenvalue weighted by atomic mass is 16.2. The van der Waals surface area contributed by atoms with Crippen LogP contribution in [0.15, 0.2) is 59.4 Å². The van der Waals surface area contributed by atoms with E-state index in [9.17, 15) is 19.2 Å². The lowest BCUT2D eigenvalue weighted by Gasteiger charge is -2.16. The van der Waals surface area contributed by atoms with E-state index in [-0.39, 0.29) is 24.6 Å². The van der Waals surface area contributed by atoms with Crippen LogP contribution < -0.4 is 21.3 Å². The number of H-pyrrole nitrogens is 1. The Hall–Kier alpha value is -4.01. The molecule has 1 unspecified atom stereocenters. The van der Waals surface area contributed by atoms with Crippen molar-refractivity contribution in [2.75, 3.05) is 11.4 Å². The van der Waals surface area contributed by atoms with Crippen molar-refractivity contribution in [2.45, 2.75) is 6.42 Å². The molecular weight excluding hydrogens is 374 g/mol. The molecule has 3 aromatic rings. The Morgan fingerprint density at radius 3 is 2.41 bits per heavy atom. The van der Waals surface area contributed by atoms with Crippen LogP contribution in [0.25, 0.3) is 10.8 Å². The molecule has 29 heavy (non-hydrogen) atoms.